The van der Waals surface area contributed by atoms with Crippen molar-refractivity contribution in [1.29, 1.82) is 0 Å². The van der Waals surface area contributed by atoms with Gasteiger partial charge >= 0.3 is 18.0 Å². The van der Waals surface area contributed by atoms with Gasteiger partial charge in [-0.1, -0.05) is 6.42 Å². The van der Waals surface area contributed by atoms with Gasteiger partial charge in [-0.15, -0.1) is 0 Å². The van der Waals surface area contributed by atoms with Crippen LogP contribution in [-0.4, -0.2) is 48.2 Å². The Bertz CT molecular complexity index is 672. The third-order valence-electron chi connectivity index (χ3n) is 5.14. The fraction of sp³-hybridized carbons (Fsp3) is 0.471. The van der Waals surface area contributed by atoms with E-state index in [1.807, 2.05) is 0 Å². The third-order valence-corrected chi connectivity index (χ3v) is 5.14. The van der Waals surface area contributed by atoms with Crippen molar-refractivity contribution < 1.29 is 24.2 Å². The summed E-state index contributed by atoms with van der Waals surface area (Å²) >= 11 is 0. The fourth-order valence-corrected chi connectivity index (χ4v) is 3.80. The molecule has 3 rings (SSSR count). The summed E-state index contributed by atoms with van der Waals surface area (Å²) in [4.78, 5) is 37.0. The molecule has 2 fully saturated rings. The summed E-state index contributed by atoms with van der Waals surface area (Å²) < 4.78 is 4.62. The topological polar surface area (TPSA) is 95.9 Å². The number of rotatable bonds is 3. The van der Waals surface area contributed by atoms with E-state index in [1.54, 1.807) is 29.2 Å². The molecule has 1 saturated heterocycles. The summed E-state index contributed by atoms with van der Waals surface area (Å²) in [7, 11) is 1.31. The standard InChI is InChI=1S/C17H20N2O5/c1-24-14(20)11-4-6-13(7-5-11)18-16(23)19-9-12-3-2-8-17(12,10-19)15(21)22/h4-7,12H,2-3,8-10H2,1H3,(H,18,23)(H,21,22)/t12-,17+/m0/s1. The van der Waals surface area contributed by atoms with Crippen LogP contribution in [0.3, 0.4) is 0 Å². The Hall–Kier alpha value is -2.57. The predicted molar refractivity (Wildman–Crippen MR) is 85.8 cm³/mol. The molecule has 0 spiro atoms. The lowest BCUT2D eigenvalue weighted by Crippen LogP contribution is -2.38. The van der Waals surface area contributed by atoms with Gasteiger partial charge in [-0.25, -0.2) is 9.59 Å². The number of hydrogen-bond acceptors (Lipinski definition) is 4. The number of methoxy groups -OCH3 is 1. The summed E-state index contributed by atoms with van der Waals surface area (Å²) in [6.07, 6.45) is 2.38. The van der Waals surface area contributed by atoms with Crippen LogP contribution >= 0.6 is 0 Å². The van der Waals surface area contributed by atoms with E-state index < -0.39 is 17.4 Å². The number of carboxylic acid groups (broad SMARTS) is 1. The number of carbonyl (C=O) groups is 3. The normalized spacial score (nSPS) is 25.2. The van der Waals surface area contributed by atoms with Crippen LogP contribution in [0.25, 0.3) is 0 Å². The largest absolute Gasteiger partial charge is 0.481 e. The van der Waals surface area contributed by atoms with E-state index in [-0.39, 0.29) is 18.5 Å². The van der Waals surface area contributed by atoms with Gasteiger partial charge < -0.3 is 20.1 Å². The van der Waals surface area contributed by atoms with Crippen LogP contribution in [0, 0.1) is 11.3 Å². The second kappa shape index (κ2) is 6.14. The number of nitrogens with zero attached hydrogens (tertiary/aromatic N) is 1. The van der Waals surface area contributed by atoms with Crippen molar-refractivity contribution in [3.63, 3.8) is 0 Å². The number of anilines is 1. The molecule has 2 atom stereocenters. The molecular weight excluding hydrogens is 312 g/mol. The Labute approximate surface area is 139 Å². The first kappa shape index (κ1) is 16.3. The predicted octanol–water partition coefficient (Wildman–Crippen LogP) is 2.19. The molecule has 1 aliphatic heterocycles. The minimum absolute atomic E-state index is 0.0300. The molecule has 1 aromatic carbocycles. The molecule has 2 aliphatic rings. The Balaban J connectivity index is 1.66. The quantitative estimate of drug-likeness (QED) is 0.827. The van der Waals surface area contributed by atoms with E-state index in [4.69, 9.17) is 0 Å². The number of fused-ring (bicyclic) bond motifs is 1. The fourth-order valence-electron chi connectivity index (χ4n) is 3.80. The van der Waals surface area contributed by atoms with Crippen molar-refractivity contribution in [3.05, 3.63) is 29.8 Å². The average molecular weight is 332 g/mol. The Morgan fingerprint density at radius 3 is 2.58 bits per heavy atom. The van der Waals surface area contributed by atoms with Crippen LogP contribution in [0.5, 0.6) is 0 Å². The van der Waals surface area contributed by atoms with Crippen molar-refractivity contribution in [1.82, 2.24) is 4.90 Å². The highest BCUT2D eigenvalue weighted by atomic mass is 16.5. The van der Waals surface area contributed by atoms with Gasteiger partial charge in [0.05, 0.1) is 18.1 Å². The first-order valence-corrected chi connectivity index (χ1v) is 7.94. The minimum Gasteiger partial charge on any atom is -0.481 e. The Morgan fingerprint density at radius 2 is 2.00 bits per heavy atom. The summed E-state index contributed by atoms with van der Waals surface area (Å²) in [5.41, 5.74) is 0.164. The number of urea groups is 1. The van der Waals surface area contributed by atoms with Crippen molar-refractivity contribution in [3.8, 4) is 0 Å². The first-order valence-electron chi connectivity index (χ1n) is 7.94. The van der Waals surface area contributed by atoms with Crippen molar-refractivity contribution in [2.45, 2.75) is 19.3 Å². The number of esters is 1. The molecular formula is C17H20N2O5. The monoisotopic (exact) mass is 332 g/mol. The van der Waals surface area contributed by atoms with E-state index in [2.05, 4.69) is 10.1 Å². The zero-order valence-electron chi connectivity index (χ0n) is 13.4. The van der Waals surface area contributed by atoms with Crippen LogP contribution in [0.1, 0.15) is 29.6 Å². The van der Waals surface area contributed by atoms with Crippen LogP contribution < -0.4 is 5.32 Å². The highest BCUT2D eigenvalue weighted by Crippen LogP contribution is 2.48. The second-order valence-corrected chi connectivity index (χ2v) is 6.43. The SMILES string of the molecule is COC(=O)c1ccc(NC(=O)N2C[C@@H]3CCC[C@@]3(C(=O)O)C2)cc1. The number of likely N-dealkylation sites (tertiary alicyclic amines) is 1. The van der Waals surface area contributed by atoms with E-state index in [9.17, 15) is 19.5 Å². The zero-order chi connectivity index (χ0) is 17.3. The maximum Gasteiger partial charge on any atom is 0.337 e. The molecule has 0 aromatic heterocycles. The first-order chi connectivity index (χ1) is 11.5. The molecule has 1 heterocycles. The van der Waals surface area contributed by atoms with Gasteiger partial charge in [-0.2, -0.15) is 0 Å². The van der Waals surface area contributed by atoms with Crippen molar-refractivity contribution in [2.24, 2.45) is 11.3 Å². The molecule has 7 nitrogen and oxygen atoms in total. The highest BCUT2D eigenvalue weighted by Gasteiger charge is 2.55. The Kier molecular flexibility index (Phi) is 4.17. The van der Waals surface area contributed by atoms with Crippen LogP contribution in [0.15, 0.2) is 24.3 Å². The Morgan fingerprint density at radius 1 is 1.29 bits per heavy atom. The summed E-state index contributed by atoms with van der Waals surface area (Å²) in [5.74, 6) is -1.21. The average Bonchev–Trinajstić information content (AvgIpc) is 3.13. The van der Waals surface area contributed by atoms with E-state index in [0.29, 0.717) is 24.2 Å². The smallest absolute Gasteiger partial charge is 0.337 e. The molecule has 1 saturated carbocycles. The highest BCUT2D eigenvalue weighted by molar-refractivity contribution is 5.93. The lowest BCUT2D eigenvalue weighted by Gasteiger charge is -2.23. The molecule has 0 radical (unpaired) electrons. The number of carbonyl (C=O) groups excluding carboxylic acids is 2. The van der Waals surface area contributed by atoms with Crippen molar-refractivity contribution >= 4 is 23.7 Å². The van der Waals surface area contributed by atoms with Gasteiger partial charge in [-0.3, -0.25) is 4.79 Å². The van der Waals surface area contributed by atoms with E-state index >= 15 is 0 Å². The van der Waals surface area contributed by atoms with Gasteiger partial charge in [0, 0.05) is 18.8 Å². The number of carboxylic acids is 1. The van der Waals surface area contributed by atoms with E-state index in [0.717, 1.165) is 12.8 Å². The van der Waals surface area contributed by atoms with Crippen molar-refractivity contribution in [2.75, 3.05) is 25.5 Å². The summed E-state index contributed by atoms with van der Waals surface area (Å²) in [6, 6.07) is 6.07. The van der Waals surface area contributed by atoms with Crippen LogP contribution in [0.2, 0.25) is 0 Å². The number of amides is 2. The molecule has 2 amide bonds. The van der Waals surface area contributed by atoms with Gasteiger partial charge in [0.25, 0.3) is 0 Å². The molecule has 1 aliphatic carbocycles. The molecule has 24 heavy (non-hydrogen) atoms. The summed E-state index contributed by atoms with van der Waals surface area (Å²) in [5, 5.41) is 12.3. The number of hydrogen-bond donors (Lipinski definition) is 2. The molecule has 0 unspecified atom stereocenters. The number of benzene rings is 1. The van der Waals surface area contributed by atoms with Crippen LogP contribution in [-0.2, 0) is 9.53 Å². The molecule has 7 heteroatoms. The molecule has 0 bridgehead atoms. The summed E-state index contributed by atoms with van der Waals surface area (Å²) in [6.45, 7) is 0.720. The number of aliphatic carboxylic acids is 1. The molecule has 2 N–H and O–H groups in total. The third kappa shape index (κ3) is 2.70. The second-order valence-electron chi connectivity index (χ2n) is 6.43. The maximum absolute atomic E-state index is 12.4. The number of nitrogens with one attached hydrogen (secondary N) is 1. The minimum atomic E-state index is -0.803. The van der Waals surface area contributed by atoms with Crippen LogP contribution in [0.4, 0.5) is 10.5 Å². The van der Waals surface area contributed by atoms with Gasteiger partial charge in [0.2, 0.25) is 0 Å². The molecule has 128 valence electrons. The van der Waals surface area contributed by atoms with E-state index in [1.165, 1.54) is 7.11 Å². The lowest BCUT2D eigenvalue weighted by molar-refractivity contribution is -0.149. The lowest BCUT2D eigenvalue weighted by atomic mass is 9.81. The number of ether oxygens (including phenoxy) is 1. The maximum atomic E-state index is 12.4. The van der Waals surface area contributed by atoms with Gasteiger partial charge in [0.1, 0.15) is 0 Å². The van der Waals surface area contributed by atoms with Gasteiger partial charge in [0.15, 0.2) is 0 Å². The zero-order valence-corrected chi connectivity index (χ0v) is 13.4. The van der Waals surface area contributed by atoms with Gasteiger partial charge in [-0.05, 0) is 43.0 Å². The molecule has 1 aromatic rings.